The first-order chi connectivity index (χ1) is 12.2. The highest BCUT2D eigenvalue weighted by Crippen LogP contribution is 2.14. The van der Waals surface area contributed by atoms with Crippen LogP contribution in [0.3, 0.4) is 0 Å². The number of nitrogens with one attached hydrogen (secondary N) is 2. The molecule has 0 aliphatic carbocycles. The molecule has 1 amide bonds. The monoisotopic (exact) mass is 421 g/mol. The van der Waals surface area contributed by atoms with Gasteiger partial charge in [0.25, 0.3) is 0 Å². The number of aliphatic hydroxyl groups is 1. The first kappa shape index (κ1) is 23.9. The molecule has 0 aromatic heterocycles. The summed E-state index contributed by atoms with van der Waals surface area (Å²) in [6, 6.07) is 7.48. The van der Waals surface area contributed by atoms with Crippen LogP contribution in [-0.4, -0.2) is 74.1 Å². The Balaban J connectivity index is 0.00000182. The fraction of sp³-hybridized carbons (Fsp3) is 0.611. The van der Waals surface area contributed by atoms with E-state index >= 15 is 0 Å². The molecule has 9 heteroatoms. The molecule has 3 N–H and O–H groups in total. The lowest BCUT2D eigenvalue weighted by molar-refractivity contribution is -0.123. The number of nitrogens with zero attached hydrogens (tertiary/aromatic N) is 1. The second-order valence-electron chi connectivity index (χ2n) is 6.52. The highest BCUT2D eigenvalue weighted by atomic mass is 35.5. The maximum absolute atomic E-state index is 12.1. The van der Waals surface area contributed by atoms with Crippen molar-refractivity contribution in [3.63, 3.8) is 0 Å². The van der Waals surface area contributed by atoms with Crippen LogP contribution in [-0.2, 0) is 16.1 Å². The highest BCUT2D eigenvalue weighted by Gasteiger charge is 2.27. The van der Waals surface area contributed by atoms with Crippen molar-refractivity contribution in [2.45, 2.75) is 25.1 Å². The Hall–Kier alpha value is -1.09. The van der Waals surface area contributed by atoms with Crippen molar-refractivity contribution in [1.29, 1.82) is 0 Å². The van der Waals surface area contributed by atoms with Gasteiger partial charge in [-0.25, -0.2) is 0 Å². The van der Waals surface area contributed by atoms with E-state index in [2.05, 4.69) is 15.5 Å². The zero-order valence-corrected chi connectivity index (χ0v) is 16.9. The summed E-state index contributed by atoms with van der Waals surface area (Å²) in [5, 5.41) is 15.4. The lowest BCUT2D eigenvalue weighted by Gasteiger charge is -2.26. The molecule has 1 aromatic carbocycles. The van der Waals surface area contributed by atoms with E-state index < -0.39 is 6.10 Å². The van der Waals surface area contributed by atoms with Gasteiger partial charge in [-0.2, -0.15) is 0 Å². The van der Waals surface area contributed by atoms with Gasteiger partial charge in [-0.15, -0.1) is 24.8 Å². The molecule has 0 radical (unpaired) electrons. The van der Waals surface area contributed by atoms with Crippen LogP contribution in [0.15, 0.2) is 24.3 Å². The Kier molecular flexibility index (Phi) is 11.0. The van der Waals surface area contributed by atoms with Crippen molar-refractivity contribution in [1.82, 2.24) is 15.5 Å². The number of ether oxygens (including phenoxy) is 2. The van der Waals surface area contributed by atoms with Crippen molar-refractivity contribution in [2.24, 2.45) is 0 Å². The van der Waals surface area contributed by atoms with E-state index in [-0.39, 0.29) is 36.8 Å². The van der Waals surface area contributed by atoms with Gasteiger partial charge in [-0.1, -0.05) is 12.1 Å². The molecule has 2 atom stereocenters. The van der Waals surface area contributed by atoms with Gasteiger partial charge in [0.15, 0.2) is 0 Å². The molecule has 2 heterocycles. The van der Waals surface area contributed by atoms with Crippen molar-refractivity contribution in [3.05, 3.63) is 29.8 Å². The number of amides is 1. The number of rotatable bonds is 7. The van der Waals surface area contributed by atoms with E-state index in [1.807, 2.05) is 24.3 Å². The van der Waals surface area contributed by atoms with E-state index in [1.54, 1.807) is 0 Å². The van der Waals surface area contributed by atoms with Crippen LogP contribution in [0.4, 0.5) is 0 Å². The Morgan fingerprint density at radius 3 is 2.81 bits per heavy atom. The van der Waals surface area contributed by atoms with Gasteiger partial charge >= 0.3 is 0 Å². The predicted molar refractivity (Wildman–Crippen MR) is 108 cm³/mol. The van der Waals surface area contributed by atoms with Gasteiger partial charge in [0, 0.05) is 32.7 Å². The number of carbonyl (C=O) groups excluding carboxylic acids is 1. The zero-order chi connectivity index (χ0) is 17.5. The van der Waals surface area contributed by atoms with E-state index in [0.29, 0.717) is 26.1 Å². The number of morpholine rings is 1. The highest BCUT2D eigenvalue weighted by molar-refractivity contribution is 5.85. The third-order valence-electron chi connectivity index (χ3n) is 4.57. The lowest BCUT2D eigenvalue weighted by Crippen LogP contribution is -2.40. The molecule has 3 rings (SSSR count). The molecule has 0 spiro atoms. The summed E-state index contributed by atoms with van der Waals surface area (Å²) in [6.07, 6.45) is 0.0372. The van der Waals surface area contributed by atoms with E-state index in [9.17, 15) is 9.90 Å². The average Bonchev–Trinajstić information content (AvgIpc) is 3.07. The molecule has 1 aromatic rings. The SMILES string of the molecule is Cl.Cl.O=C(NCc1cccc(OCCN2CCOCC2)c1)C1CC(O)CN1. The standard InChI is InChI=1S/C18H27N3O4.2ClH/c22-15-11-17(19-13-15)18(23)20-12-14-2-1-3-16(10-14)25-9-6-21-4-7-24-8-5-21;;/h1-3,10,15,17,19,22H,4-9,11-13H2,(H,20,23);2*1H. The third-order valence-corrected chi connectivity index (χ3v) is 4.57. The van der Waals surface area contributed by atoms with Crippen molar-refractivity contribution >= 4 is 30.7 Å². The number of β-amino-alcohol motifs (C(OH)–C–C–N with tert-alkyl or cyclic N) is 1. The van der Waals surface area contributed by atoms with Crippen molar-refractivity contribution in [2.75, 3.05) is 46.0 Å². The minimum Gasteiger partial charge on any atom is -0.492 e. The zero-order valence-electron chi connectivity index (χ0n) is 15.3. The number of halogens is 2. The molecule has 0 saturated carbocycles. The molecular weight excluding hydrogens is 393 g/mol. The van der Waals surface area contributed by atoms with E-state index in [0.717, 1.165) is 44.2 Å². The van der Waals surface area contributed by atoms with Crippen LogP contribution in [0.1, 0.15) is 12.0 Å². The van der Waals surface area contributed by atoms with Crippen LogP contribution in [0.5, 0.6) is 5.75 Å². The number of hydrogen-bond donors (Lipinski definition) is 3. The Morgan fingerprint density at radius 2 is 2.11 bits per heavy atom. The maximum Gasteiger partial charge on any atom is 0.237 e. The Bertz CT molecular complexity index is 573. The van der Waals surface area contributed by atoms with Gasteiger partial charge in [-0.05, 0) is 24.1 Å². The average molecular weight is 422 g/mol. The fourth-order valence-corrected chi connectivity index (χ4v) is 3.09. The van der Waals surface area contributed by atoms with Crippen molar-refractivity contribution < 1.29 is 19.4 Å². The largest absolute Gasteiger partial charge is 0.492 e. The first-order valence-electron chi connectivity index (χ1n) is 8.92. The molecule has 2 aliphatic heterocycles. The summed E-state index contributed by atoms with van der Waals surface area (Å²) >= 11 is 0. The molecule has 154 valence electrons. The van der Waals surface area contributed by atoms with Gasteiger partial charge in [0.1, 0.15) is 12.4 Å². The van der Waals surface area contributed by atoms with Crippen LogP contribution in [0.25, 0.3) is 0 Å². The third kappa shape index (κ3) is 7.81. The summed E-state index contributed by atoms with van der Waals surface area (Å²) in [6.45, 7) is 5.96. The normalized spacial score (nSPS) is 22.4. The second-order valence-corrected chi connectivity index (χ2v) is 6.52. The summed E-state index contributed by atoms with van der Waals surface area (Å²) in [7, 11) is 0. The Labute approximate surface area is 172 Å². The smallest absolute Gasteiger partial charge is 0.237 e. The van der Waals surface area contributed by atoms with E-state index in [1.165, 1.54) is 0 Å². The Morgan fingerprint density at radius 1 is 1.33 bits per heavy atom. The first-order valence-corrected chi connectivity index (χ1v) is 8.92. The molecule has 2 aliphatic rings. The number of benzene rings is 1. The molecular formula is C18H29Cl2N3O4. The molecule has 2 unspecified atom stereocenters. The summed E-state index contributed by atoms with van der Waals surface area (Å²) in [5.74, 6) is 0.740. The lowest BCUT2D eigenvalue weighted by atomic mass is 10.1. The van der Waals surface area contributed by atoms with Gasteiger partial charge in [0.2, 0.25) is 5.91 Å². The van der Waals surface area contributed by atoms with E-state index in [4.69, 9.17) is 9.47 Å². The summed E-state index contributed by atoms with van der Waals surface area (Å²) in [5.41, 5.74) is 0.996. The van der Waals surface area contributed by atoms with Crippen LogP contribution < -0.4 is 15.4 Å². The quantitative estimate of drug-likeness (QED) is 0.597. The molecule has 2 fully saturated rings. The van der Waals surface area contributed by atoms with Gasteiger partial charge in [-0.3, -0.25) is 9.69 Å². The number of aliphatic hydroxyl groups excluding tert-OH is 1. The molecule has 2 saturated heterocycles. The summed E-state index contributed by atoms with van der Waals surface area (Å²) in [4.78, 5) is 14.4. The predicted octanol–water partition coefficient (Wildman–Crippen LogP) is 0.580. The number of carbonyl (C=O) groups is 1. The van der Waals surface area contributed by atoms with Gasteiger partial charge in [0.05, 0.1) is 25.4 Å². The molecule has 7 nitrogen and oxygen atoms in total. The fourth-order valence-electron chi connectivity index (χ4n) is 3.09. The van der Waals surface area contributed by atoms with Gasteiger partial charge < -0.3 is 25.2 Å². The minimum atomic E-state index is -0.432. The minimum absolute atomic E-state index is 0. The number of hydrogen-bond acceptors (Lipinski definition) is 6. The second kappa shape index (κ2) is 12.4. The molecule has 0 bridgehead atoms. The van der Waals surface area contributed by atoms with Crippen LogP contribution in [0.2, 0.25) is 0 Å². The van der Waals surface area contributed by atoms with Crippen molar-refractivity contribution in [3.8, 4) is 5.75 Å². The maximum atomic E-state index is 12.1. The van der Waals surface area contributed by atoms with Crippen LogP contribution in [0, 0.1) is 0 Å². The topological polar surface area (TPSA) is 83.1 Å². The summed E-state index contributed by atoms with van der Waals surface area (Å²) < 4.78 is 11.2. The van der Waals surface area contributed by atoms with Crippen LogP contribution >= 0.6 is 24.8 Å². The molecule has 27 heavy (non-hydrogen) atoms.